The van der Waals surface area contributed by atoms with Crippen molar-refractivity contribution in [2.75, 3.05) is 19.0 Å². The van der Waals surface area contributed by atoms with Gasteiger partial charge in [-0.05, 0) is 25.5 Å². The van der Waals surface area contributed by atoms with Gasteiger partial charge in [0, 0.05) is 26.6 Å². The minimum atomic E-state index is 0.202. The molecule has 0 aliphatic rings. The molecule has 1 atom stereocenters. The zero-order chi connectivity index (χ0) is 12.4. The van der Waals surface area contributed by atoms with Gasteiger partial charge in [-0.25, -0.2) is 9.97 Å². The second-order valence-electron chi connectivity index (χ2n) is 4.63. The Balaban J connectivity index is 2.24. The summed E-state index contributed by atoms with van der Waals surface area (Å²) in [5.41, 5.74) is 7.49. The van der Waals surface area contributed by atoms with Gasteiger partial charge in [-0.3, -0.25) is 0 Å². The van der Waals surface area contributed by atoms with Crippen molar-refractivity contribution >= 4 is 17.0 Å². The Bertz CT molecular complexity index is 501. The fourth-order valence-electron chi connectivity index (χ4n) is 1.66. The minimum absolute atomic E-state index is 0.202. The Hall–Kier alpha value is -1.62. The first-order chi connectivity index (χ1) is 8.06. The Morgan fingerprint density at radius 3 is 2.76 bits per heavy atom. The van der Waals surface area contributed by atoms with Gasteiger partial charge >= 0.3 is 0 Å². The van der Waals surface area contributed by atoms with Crippen molar-refractivity contribution in [3.05, 3.63) is 18.0 Å². The number of aromatic amines is 1. The summed E-state index contributed by atoms with van der Waals surface area (Å²) in [6.07, 6.45) is 1.80. The molecule has 5 nitrogen and oxygen atoms in total. The summed E-state index contributed by atoms with van der Waals surface area (Å²) in [5, 5.41) is 0. The van der Waals surface area contributed by atoms with Crippen LogP contribution in [0.4, 0.5) is 5.82 Å². The van der Waals surface area contributed by atoms with Crippen molar-refractivity contribution in [2.24, 2.45) is 5.73 Å². The predicted molar refractivity (Wildman–Crippen MR) is 70.2 cm³/mol. The molecular formula is C12H19N5. The molecule has 2 aromatic heterocycles. The van der Waals surface area contributed by atoms with Crippen LogP contribution in [0.2, 0.25) is 0 Å². The topological polar surface area (TPSA) is 70.8 Å². The van der Waals surface area contributed by atoms with E-state index in [4.69, 9.17) is 5.73 Å². The highest BCUT2D eigenvalue weighted by atomic mass is 15.1. The number of nitrogens with zero attached hydrogens (tertiary/aromatic N) is 3. The Kier molecular flexibility index (Phi) is 3.28. The summed E-state index contributed by atoms with van der Waals surface area (Å²) in [4.78, 5) is 14.2. The van der Waals surface area contributed by atoms with Crippen LogP contribution in [0.15, 0.2) is 12.1 Å². The zero-order valence-corrected chi connectivity index (χ0v) is 10.6. The van der Waals surface area contributed by atoms with Gasteiger partial charge in [-0.1, -0.05) is 0 Å². The lowest BCUT2D eigenvalue weighted by Crippen LogP contribution is -2.15. The van der Waals surface area contributed by atoms with Crippen molar-refractivity contribution in [3.63, 3.8) is 0 Å². The smallest absolute Gasteiger partial charge is 0.179 e. The molecule has 0 aromatic carbocycles. The number of aromatic nitrogens is 3. The van der Waals surface area contributed by atoms with Gasteiger partial charge in [-0.2, -0.15) is 0 Å². The molecule has 3 N–H and O–H groups in total. The van der Waals surface area contributed by atoms with Crippen molar-refractivity contribution in [1.82, 2.24) is 15.0 Å². The van der Waals surface area contributed by atoms with Gasteiger partial charge in [0.1, 0.15) is 11.6 Å². The van der Waals surface area contributed by atoms with E-state index in [0.29, 0.717) is 0 Å². The van der Waals surface area contributed by atoms with Crippen molar-refractivity contribution in [1.29, 1.82) is 0 Å². The van der Waals surface area contributed by atoms with Crippen molar-refractivity contribution in [3.8, 4) is 0 Å². The highest BCUT2D eigenvalue weighted by molar-refractivity contribution is 5.73. The standard InChI is InChI=1S/C12H19N5/c1-8(13)4-6-10-14-9-5-7-11(17(2)3)16-12(9)15-10/h5,7-8H,4,6,13H2,1-3H3,(H,14,15,16). The summed E-state index contributed by atoms with van der Waals surface area (Å²) in [6, 6.07) is 4.20. The Morgan fingerprint density at radius 1 is 1.35 bits per heavy atom. The zero-order valence-electron chi connectivity index (χ0n) is 10.6. The van der Waals surface area contributed by atoms with E-state index >= 15 is 0 Å². The molecule has 2 rings (SSSR count). The fraction of sp³-hybridized carbons (Fsp3) is 0.500. The number of H-pyrrole nitrogens is 1. The maximum atomic E-state index is 5.73. The van der Waals surface area contributed by atoms with E-state index in [1.807, 2.05) is 38.1 Å². The number of pyridine rings is 1. The third kappa shape index (κ3) is 2.74. The Labute approximate surface area is 101 Å². The molecular weight excluding hydrogens is 214 g/mol. The molecule has 5 heteroatoms. The SMILES string of the molecule is CC(N)CCc1nc2nc(N(C)C)ccc2[nH]1. The van der Waals surface area contributed by atoms with Crippen LogP contribution in [0.25, 0.3) is 11.2 Å². The molecule has 1 unspecified atom stereocenters. The maximum absolute atomic E-state index is 5.73. The van der Waals surface area contributed by atoms with Gasteiger partial charge in [0.05, 0.1) is 5.52 Å². The largest absolute Gasteiger partial charge is 0.363 e. The number of imidazole rings is 1. The molecule has 0 radical (unpaired) electrons. The number of nitrogens with two attached hydrogens (primary N) is 1. The van der Waals surface area contributed by atoms with Crippen LogP contribution in [0.5, 0.6) is 0 Å². The number of hydrogen-bond donors (Lipinski definition) is 2. The van der Waals surface area contributed by atoms with Crippen molar-refractivity contribution < 1.29 is 0 Å². The van der Waals surface area contributed by atoms with Crippen LogP contribution < -0.4 is 10.6 Å². The maximum Gasteiger partial charge on any atom is 0.179 e. The number of fused-ring (bicyclic) bond motifs is 1. The first-order valence-electron chi connectivity index (χ1n) is 5.85. The molecule has 0 bridgehead atoms. The summed E-state index contributed by atoms with van der Waals surface area (Å²) < 4.78 is 0. The normalized spacial score (nSPS) is 12.9. The Morgan fingerprint density at radius 2 is 2.12 bits per heavy atom. The molecule has 0 fully saturated rings. The van der Waals surface area contributed by atoms with E-state index in [9.17, 15) is 0 Å². The van der Waals surface area contributed by atoms with Gasteiger partial charge in [-0.15, -0.1) is 0 Å². The highest BCUT2D eigenvalue weighted by Gasteiger charge is 2.06. The van der Waals surface area contributed by atoms with Gasteiger partial charge in [0.25, 0.3) is 0 Å². The van der Waals surface area contributed by atoms with Crippen LogP contribution in [0, 0.1) is 0 Å². The van der Waals surface area contributed by atoms with E-state index in [1.165, 1.54) is 0 Å². The molecule has 0 aliphatic carbocycles. The van der Waals surface area contributed by atoms with E-state index in [1.54, 1.807) is 0 Å². The van der Waals surface area contributed by atoms with Crippen molar-refractivity contribution in [2.45, 2.75) is 25.8 Å². The average molecular weight is 233 g/mol. The molecule has 2 aromatic rings. The number of rotatable bonds is 4. The molecule has 0 aliphatic heterocycles. The second-order valence-corrected chi connectivity index (χ2v) is 4.63. The third-order valence-electron chi connectivity index (χ3n) is 2.67. The molecule has 0 saturated heterocycles. The quantitative estimate of drug-likeness (QED) is 0.835. The molecule has 0 saturated carbocycles. The molecule has 0 amide bonds. The average Bonchev–Trinajstić information content (AvgIpc) is 2.67. The molecule has 2 heterocycles. The lowest BCUT2D eigenvalue weighted by atomic mass is 10.2. The molecule has 0 spiro atoms. The number of hydrogen-bond acceptors (Lipinski definition) is 4. The van der Waals surface area contributed by atoms with E-state index < -0.39 is 0 Å². The first-order valence-corrected chi connectivity index (χ1v) is 5.85. The van der Waals surface area contributed by atoms with E-state index in [0.717, 1.165) is 35.6 Å². The minimum Gasteiger partial charge on any atom is -0.363 e. The monoisotopic (exact) mass is 233 g/mol. The number of aryl methyl sites for hydroxylation is 1. The van der Waals surface area contributed by atoms with Gasteiger partial charge < -0.3 is 15.6 Å². The highest BCUT2D eigenvalue weighted by Crippen LogP contribution is 2.15. The van der Waals surface area contributed by atoms with Gasteiger partial charge in [0.2, 0.25) is 0 Å². The lowest BCUT2D eigenvalue weighted by molar-refractivity contribution is 0.652. The summed E-state index contributed by atoms with van der Waals surface area (Å²) in [5.74, 6) is 1.88. The molecule has 92 valence electrons. The van der Waals surface area contributed by atoms with Crippen LogP contribution in [-0.4, -0.2) is 35.1 Å². The van der Waals surface area contributed by atoms with Gasteiger partial charge in [0.15, 0.2) is 5.65 Å². The predicted octanol–water partition coefficient (Wildman–Crippen LogP) is 1.30. The van der Waals surface area contributed by atoms with E-state index in [2.05, 4.69) is 15.0 Å². The number of nitrogens with one attached hydrogen (secondary N) is 1. The first kappa shape index (κ1) is 11.9. The van der Waals surface area contributed by atoms with Crippen LogP contribution in [-0.2, 0) is 6.42 Å². The summed E-state index contributed by atoms with van der Waals surface area (Å²) in [7, 11) is 3.94. The summed E-state index contributed by atoms with van der Waals surface area (Å²) >= 11 is 0. The lowest BCUT2D eigenvalue weighted by Gasteiger charge is -2.09. The van der Waals surface area contributed by atoms with Crippen LogP contribution >= 0.6 is 0 Å². The van der Waals surface area contributed by atoms with Crippen LogP contribution in [0.1, 0.15) is 19.2 Å². The fourth-order valence-corrected chi connectivity index (χ4v) is 1.66. The second kappa shape index (κ2) is 4.71. The van der Waals surface area contributed by atoms with Crippen LogP contribution in [0.3, 0.4) is 0 Å². The molecule has 17 heavy (non-hydrogen) atoms. The van der Waals surface area contributed by atoms with E-state index in [-0.39, 0.29) is 6.04 Å². The third-order valence-corrected chi connectivity index (χ3v) is 2.67. The summed E-state index contributed by atoms with van der Waals surface area (Å²) in [6.45, 7) is 2.01. The number of anilines is 1.